The molecule has 5 rings (SSSR count). The molecule has 0 N–H and O–H groups in total. The largest absolute Gasteiger partial charge is 0.432 e. The van der Waals surface area contributed by atoms with Crippen molar-refractivity contribution in [2.24, 2.45) is 5.41 Å². The predicted octanol–water partition coefficient (Wildman–Crippen LogP) is 6.26. The first kappa shape index (κ1) is 24.7. The molecule has 0 unspecified atom stereocenters. The summed E-state index contributed by atoms with van der Waals surface area (Å²) in [6.45, 7) is 2.24. The summed E-state index contributed by atoms with van der Waals surface area (Å²) in [5.74, 6) is -12.1. The highest BCUT2D eigenvalue weighted by Gasteiger charge is 2.56. The predicted molar refractivity (Wildman–Crippen MR) is 103 cm³/mol. The van der Waals surface area contributed by atoms with Crippen molar-refractivity contribution in [2.45, 2.75) is 44.7 Å². The van der Waals surface area contributed by atoms with Gasteiger partial charge in [-0.25, -0.2) is 22.0 Å². The topological polar surface area (TPSA) is 36.9 Å². The lowest BCUT2D eigenvalue weighted by Crippen LogP contribution is -2.58. The number of rotatable bonds is 8. The molecular formula is C23H21F7O4. The minimum Gasteiger partial charge on any atom is -0.429 e. The van der Waals surface area contributed by atoms with Gasteiger partial charge in [0.25, 0.3) is 0 Å². The van der Waals surface area contributed by atoms with Crippen molar-refractivity contribution in [1.82, 2.24) is 0 Å². The molecule has 0 aromatic heterocycles. The fraction of sp³-hybridized carbons (Fsp3) is 0.478. The molecule has 3 aliphatic rings. The third-order valence-corrected chi connectivity index (χ3v) is 5.93. The van der Waals surface area contributed by atoms with Crippen LogP contribution in [-0.2, 0) is 26.3 Å². The zero-order valence-electron chi connectivity index (χ0n) is 18.0. The van der Waals surface area contributed by atoms with Crippen LogP contribution in [0.15, 0.2) is 24.3 Å². The Hall–Kier alpha value is -2.37. The Balaban J connectivity index is 1.60. The highest BCUT2D eigenvalue weighted by Crippen LogP contribution is 2.48. The second-order valence-electron chi connectivity index (χ2n) is 8.48. The lowest BCUT2D eigenvalue weighted by molar-refractivity contribution is -0.481. The quantitative estimate of drug-likeness (QED) is 0.247. The molecule has 3 fully saturated rings. The standard InChI is InChI=1S/C23H21F7O4/c1-2-3-4-7-21-10-31-23(32-11-21,33-12-21)14-9-17(26)18(20(28)19(14)27)22(29,30)34-13-5-6-15(24)16(25)8-13/h5-6,8-9H,2-4,7,10-12H2,1H3. The van der Waals surface area contributed by atoms with E-state index in [0.717, 1.165) is 19.3 Å². The number of halogens is 7. The molecule has 3 saturated heterocycles. The Kier molecular flexibility index (Phi) is 6.56. The van der Waals surface area contributed by atoms with Crippen LogP contribution >= 0.6 is 0 Å². The Labute approximate surface area is 190 Å². The van der Waals surface area contributed by atoms with E-state index >= 15 is 0 Å². The van der Waals surface area contributed by atoms with Crippen molar-refractivity contribution in [2.75, 3.05) is 19.8 Å². The van der Waals surface area contributed by atoms with E-state index in [1.165, 1.54) is 0 Å². The minimum atomic E-state index is -4.77. The smallest absolute Gasteiger partial charge is 0.429 e. The first-order valence-electron chi connectivity index (χ1n) is 10.6. The van der Waals surface area contributed by atoms with Crippen LogP contribution in [0.25, 0.3) is 0 Å². The van der Waals surface area contributed by atoms with Crippen molar-refractivity contribution in [3.8, 4) is 5.75 Å². The summed E-state index contributed by atoms with van der Waals surface area (Å²) in [6, 6.07) is 1.65. The molecule has 186 valence electrons. The maximum Gasteiger partial charge on any atom is 0.432 e. The van der Waals surface area contributed by atoms with Gasteiger partial charge < -0.3 is 18.9 Å². The lowest BCUT2D eigenvalue weighted by atomic mass is 9.82. The number of alkyl halides is 2. The zero-order chi connectivity index (χ0) is 24.7. The van der Waals surface area contributed by atoms with Gasteiger partial charge in [0.05, 0.1) is 25.4 Å². The van der Waals surface area contributed by atoms with Crippen LogP contribution in [0.5, 0.6) is 5.75 Å². The van der Waals surface area contributed by atoms with Crippen LogP contribution < -0.4 is 4.74 Å². The van der Waals surface area contributed by atoms with Crippen LogP contribution in [0, 0.1) is 34.5 Å². The van der Waals surface area contributed by atoms with Crippen molar-refractivity contribution >= 4 is 0 Å². The molecule has 0 atom stereocenters. The Morgan fingerprint density at radius 1 is 0.853 bits per heavy atom. The Morgan fingerprint density at radius 2 is 1.50 bits per heavy atom. The van der Waals surface area contributed by atoms with Crippen molar-refractivity contribution in [1.29, 1.82) is 0 Å². The molecule has 0 amide bonds. The maximum atomic E-state index is 14.9. The third kappa shape index (κ3) is 4.36. The monoisotopic (exact) mass is 494 g/mol. The molecule has 11 heteroatoms. The van der Waals surface area contributed by atoms with E-state index in [2.05, 4.69) is 4.74 Å². The highest BCUT2D eigenvalue weighted by atomic mass is 19.3. The number of hydrogen-bond donors (Lipinski definition) is 0. The fourth-order valence-corrected chi connectivity index (χ4v) is 4.02. The van der Waals surface area contributed by atoms with Gasteiger partial charge in [0.2, 0.25) is 0 Å². The van der Waals surface area contributed by atoms with Crippen LogP contribution in [0.2, 0.25) is 0 Å². The average Bonchev–Trinajstić information content (AvgIpc) is 2.80. The van der Waals surface area contributed by atoms with Crippen molar-refractivity contribution in [3.63, 3.8) is 0 Å². The van der Waals surface area contributed by atoms with Gasteiger partial charge in [-0.1, -0.05) is 26.2 Å². The van der Waals surface area contributed by atoms with E-state index in [1.807, 2.05) is 6.92 Å². The van der Waals surface area contributed by atoms with Gasteiger partial charge in [0.15, 0.2) is 23.3 Å². The van der Waals surface area contributed by atoms with E-state index in [9.17, 15) is 30.7 Å². The zero-order valence-corrected chi connectivity index (χ0v) is 18.0. The second-order valence-corrected chi connectivity index (χ2v) is 8.48. The van der Waals surface area contributed by atoms with Gasteiger partial charge in [-0.3, -0.25) is 0 Å². The molecule has 0 radical (unpaired) electrons. The highest BCUT2D eigenvalue weighted by molar-refractivity contribution is 5.34. The number of hydrogen-bond acceptors (Lipinski definition) is 4. The number of fused-ring (bicyclic) bond motifs is 3. The lowest BCUT2D eigenvalue weighted by Gasteiger charge is -2.52. The molecule has 34 heavy (non-hydrogen) atoms. The molecule has 3 heterocycles. The SMILES string of the molecule is CCCCCC12COC(c3cc(F)c(C(F)(F)Oc4ccc(F)c(F)c4)c(F)c3F)(OC1)OC2. The Bertz CT molecular complexity index is 1050. The van der Waals surface area contributed by atoms with Crippen LogP contribution in [0.4, 0.5) is 30.7 Å². The minimum absolute atomic E-state index is 0.0660. The summed E-state index contributed by atoms with van der Waals surface area (Å²) in [7, 11) is 0. The Morgan fingerprint density at radius 3 is 2.09 bits per heavy atom. The van der Waals surface area contributed by atoms with Crippen LogP contribution in [0.1, 0.15) is 43.7 Å². The normalized spacial score (nSPS) is 24.5. The molecule has 2 bridgehead atoms. The van der Waals surface area contributed by atoms with E-state index in [0.29, 0.717) is 18.6 Å². The summed E-state index contributed by atoms with van der Waals surface area (Å²) in [5.41, 5.74) is -3.43. The van der Waals surface area contributed by atoms with E-state index in [4.69, 9.17) is 14.2 Å². The van der Waals surface area contributed by atoms with Crippen molar-refractivity contribution in [3.05, 3.63) is 64.5 Å². The molecule has 2 aromatic carbocycles. The van der Waals surface area contributed by atoms with Gasteiger partial charge in [-0.2, -0.15) is 8.78 Å². The molecular weight excluding hydrogens is 473 g/mol. The van der Waals surface area contributed by atoms with Gasteiger partial charge in [-0.05, 0) is 24.6 Å². The molecule has 3 aliphatic heterocycles. The molecule has 0 saturated carbocycles. The summed E-state index contributed by atoms with van der Waals surface area (Å²) in [5, 5.41) is 0. The van der Waals surface area contributed by atoms with Crippen LogP contribution in [0.3, 0.4) is 0 Å². The number of benzene rings is 2. The average molecular weight is 494 g/mol. The summed E-state index contributed by atoms with van der Waals surface area (Å²) >= 11 is 0. The van der Waals surface area contributed by atoms with E-state index in [1.54, 1.807) is 0 Å². The van der Waals surface area contributed by atoms with E-state index in [-0.39, 0.29) is 32.0 Å². The van der Waals surface area contributed by atoms with Crippen molar-refractivity contribution < 1.29 is 49.7 Å². The van der Waals surface area contributed by atoms with Crippen LogP contribution in [-0.4, -0.2) is 19.8 Å². The van der Waals surface area contributed by atoms with Gasteiger partial charge >= 0.3 is 12.1 Å². The summed E-state index contributed by atoms with van der Waals surface area (Å²) < 4.78 is 120. The molecule has 2 aromatic rings. The summed E-state index contributed by atoms with van der Waals surface area (Å²) in [6.07, 6.45) is -1.23. The number of unbranched alkanes of at least 4 members (excludes halogenated alkanes) is 2. The van der Waals surface area contributed by atoms with Gasteiger partial charge in [-0.15, -0.1) is 0 Å². The first-order valence-corrected chi connectivity index (χ1v) is 10.6. The molecule has 0 aliphatic carbocycles. The number of ether oxygens (including phenoxy) is 4. The fourth-order valence-electron chi connectivity index (χ4n) is 4.02. The van der Waals surface area contributed by atoms with E-state index < -0.39 is 63.5 Å². The maximum absolute atomic E-state index is 14.9. The van der Waals surface area contributed by atoms with Gasteiger partial charge in [0.1, 0.15) is 17.1 Å². The second kappa shape index (κ2) is 9.01. The summed E-state index contributed by atoms with van der Waals surface area (Å²) in [4.78, 5) is 0. The third-order valence-electron chi connectivity index (χ3n) is 5.93. The molecule has 0 spiro atoms. The first-order chi connectivity index (χ1) is 16.0. The van der Waals surface area contributed by atoms with Gasteiger partial charge in [0, 0.05) is 11.5 Å². The molecule has 4 nitrogen and oxygen atoms in total.